The van der Waals surface area contributed by atoms with E-state index >= 15 is 0 Å². The molecule has 4 unspecified atom stereocenters. The van der Waals surface area contributed by atoms with Crippen molar-refractivity contribution in [3.8, 4) is 0 Å². The number of carbonyl (C=O) groups excluding carboxylic acids is 1. The van der Waals surface area contributed by atoms with Gasteiger partial charge in [0.25, 0.3) is 0 Å². The van der Waals surface area contributed by atoms with Crippen LogP contribution in [0.1, 0.15) is 26.7 Å². The van der Waals surface area contributed by atoms with E-state index in [2.05, 4.69) is 17.7 Å². The summed E-state index contributed by atoms with van der Waals surface area (Å²) in [6.45, 7) is 6.27. The predicted molar refractivity (Wildman–Crippen MR) is 79.0 cm³/mol. The molecule has 112 valence electrons. The number of hydrogen-bond acceptors (Lipinski definition) is 5. The lowest BCUT2D eigenvalue weighted by molar-refractivity contribution is -0.135. The molecule has 2 N–H and O–H groups in total. The molecule has 0 aromatic carbocycles. The fourth-order valence-electron chi connectivity index (χ4n) is 3.31. The minimum atomic E-state index is -0.178. The van der Waals surface area contributed by atoms with Crippen LogP contribution >= 0.6 is 12.2 Å². The molecule has 3 rings (SSSR count). The Morgan fingerprint density at radius 1 is 1.50 bits per heavy atom. The van der Waals surface area contributed by atoms with Gasteiger partial charge < -0.3 is 10.1 Å². The summed E-state index contributed by atoms with van der Waals surface area (Å²) in [5.74, 6) is 0.0907. The Morgan fingerprint density at radius 3 is 2.95 bits per heavy atom. The molecule has 1 amide bonds. The highest BCUT2D eigenvalue weighted by Gasteiger charge is 2.49. The maximum absolute atomic E-state index is 12.8. The summed E-state index contributed by atoms with van der Waals surface area (Å²) in [7, 11) is 0. The first-order valence-electron chi connectivity index (χ1n) is 7.38. The molecule has 4 atom stereocenters. The molecule has 7 heteroatoms. The molecule has 0 aromatic rings. The largest absolute Gasteiger partial charge is 0.376 e. The number of likely N-dealkylation sites (N-methyl/N-ethyl adjacent to an activating group) is 1. The zero-order chi connectivity index (χ0) is 14.3. The predicted octanol–water partition coefficient (Wildman–Crippen LogP) is -0.152. The van der Waals surface area contributed by atoms with Gasteiger partial charge in [-0.1, -0.05) is 6.92 Å². The first-order chi connectivity index (χ1) is 9.61. The normalized spacial score (nSPS) is 38.2. The minimum Gasteiger partial charge on any atom is -0.376 e. The van der Waals surface area contributed by atoms with Crippen molar-refractivity contribution in [3.63, 3.8) is 0 Å². The average Bonchev–Trinajstić information content (AvgIpc) is 3.03. The van der Waals surface area contributed by atoms with E-state index in [1.165, 1.54) is 0 Å². The van der Waals surface area contributed by atoms with Crippen molar-refractivity contribution < 1.29 is 9.53 Å². The van der Waals surface area contributed by atoms with Crippen molar-refractivity contribution in [2.75, 3.05) is 19.7 Å². The van der Waals surface area contributed by atoms with Crippen molar-refractivity contribution in [2.24, 2.45) is 0 Å². The topological polar surface area (TPSA) is 56.8 Å². The van der Waals surface area contributed by atoms with Gasteiger partial charge in [0, 0.05) is 19.2 Å². The van der Waals surface area contributed by atoms with E-state index in [-0.39, 0.29) is 30.1 Å². The Bertz CT molecular complexity index is 413. The Hall–Kier alpha value is -0.760. The minimum absolute atomic E-state index is 0.0516. The first-order valence-corrected chi connectivity index (χ1v) is 7.79. The fourth-order valence-corrected chi connectivity index (χ4v) is 3.61. The third-order valence-electron chi connectivity index (χ3n) is 4.39. The summed E-state index contributed by atoms with van der Waals surface area (Å²) in [5, 5.41) is 5.87. The highest BCUT2D eigenvalue weighted by atomic mass is 32.1. The lowest BCUT2D eigenvalue weighted by atomic mass is 10.0. The van der Waals surface area contributed by atoms with E-state index < -0.39 is 0 Å². The SMILES string of the molecule is CCN1NC(C)C2NC(=S)N(CC3CCCO3)C(=O)C21. The monoisotopic (exact) mass is 298 g/mol. The van der Waals surface area contributed by atoms with Crippen LogP contribution in [0.4, 0.5) is 0 Å². The van der Waals surface area contributed by atoms with Crippen LogP contribution in [0.15, 0.2) is 0 Å². The van der Waals surface area contributed by atoms with Gasteiger partial charge in [-0.15, -0.1) is 0 Å². The number of nitrogens with zero attached hydrogens (tertiary/aromatic N) is 2. The molecule has 3 saturated heterocycles. The molecule has 3 aliphatic rings. The highest BCUT2D eigenvalue weighted by Crippen LogP contribution is 2.23. The first kappa shape index (κ1) is 14.2. The van der Waals surface area contributed by atoms with Gasteiger partial charge in [-0.2, -0.15) is 0 Å². The summed E-state index contributed by atoms with van der Waals surface area (Å²) in [4.78, 5) is 14.5. The maximum atomic E-state index is 12.8. The Balaban J connectivity index is 1.76. The number of fused-ring (bicyclic) bond motifs is 1. The third-order valence-corrected chi connectivity index (χ3v) is 4.73. The molecule has 3 fully saturated rings. The number of hydrogen-bond donors (Lipinski definition) is 2. The lowest BCUT2D eigenvalue weighted by Crippen LogP contribution is -2.66. The van der Waals surface area contributed by atoms with Crippen LogP contribution < -0.4 is 10.7 Å². The van der Waals surface area contributed by atoms with E-state index in [4.69, 9.17) is 17.0 Å². The van der Waals surface area contributed by atoms with E-state index in [1.807, 2.05) is 11.9 Å². The van der Waals surface area contributed by atoms with Crippen molar-refractivity contribution in [2.45, 2.75) is 50.9 Å². The number of nitrogens with one attached hydrogen (secondary N) is 2. The van der Waals surface area contributed by atoms with Crippen molar-refractivity contribution in [3.05, 3.63) is 0 Å². The summed E-state index contributed by atoms with van der Waals surface area (Å²) >= 11 is 5.38. The van der Waals surface area contributed by atoms with E-state index in [0.29, 0.717) is 11.7 Å². The van der Waals surface area contributed by atoms with E-state index in [9.17, 15) is 4.79 Å². The molecular weight excluding hydrogens is 276 g/mol. The van der Waals surface area contributed by atoms with Gasteiger partial charge in [0.2, 0.25) is 5.91 Å². The van der Waals surface area contributed by atoms with Gasteiger partial charge in [0.1, 0.15) is 6.04 Å². The smallest absolute Gasteiger partial charge is 0.249 e. The van der Waals surface area contributed by atoms with Crippen molar-refractivity contribution >= 4 is 23.2 Å². The number of carbonyl (C=O) groups is 1. The summed E-state index contributed by atoms with van der Waals surface area (Å²) < 4.78 is 5.63. The number of thiocarbonyl (C=S) groups is 1. The standard InChI is InChI=1S/C13H22N4O2S/c1-3-17-11-10(8(2)15-17)14-13(20)16(12(11)18)7-9-5-4-6-19-9/h8-11,15H,3-7H2,1-2H3,(H,14,20). The van der Waals surface area contributed by atoms with Crippen LogP contribution in [-0.4, -0.2) is 64.9 Å². The molecule has 20 heavy (non-hydrogen) atoms. The highest BCUT2D eigenvalue weighted by molar-refractivity contribution is 7.80. The van der Waals surface area contributed by atoms with Gasteiger partial charge >= 0.3 is 0 Å². The van der Waals surface area contributed by atoms with Gasteiger partial charge in [0.05, 0.1) is 18.7 Å². The molecule has 0 bridgehead atoms. The van der Waals surface area contributed by atoms with Gasteiger partial charge in [-0.25, -0.2) is 10.4 Å². The molecule has 0 aromatic heterocycles. The molecule has 0 aliphatic carbocycles. The van der Waals surface area contributed by atoms with Crippen LogP contribution in [0.2, 0.25) is 0 Å². The maximum Gasteiger partial charge on any atom is 0.249 e. The molecule has 3 heterocycles. The second-order valence-corrected chi connectivity index (χ2v) is 6.09. The zero-order valence-electron chi connectivity index (χ0n) is 12.0. The van der Waals surface area contributed by atoms with Crippen molar-refractivity contribution in [1.29, 1.82) is 0 Å². The Morgan fingerprint density at radius 2 is 2.30 bits per heavy atom. The molecule has 0 radical (unpaired) electrons. The van der Waals surface area contributed by atoms with Crippen LogP contribution in [0, 0.1) is 0 Å². The number of hydrazine groups is 1. The van der Waals surface area contributed by atoms with Crippen LogP contribution in [-0.2, 0) is 9.53 Å². The Kier molecular flexibility index (Phi) is 3.94. The second kappa shape index (κ2) is 5.55. The molecule has 0 spiro atoms. The molecule has 0 saturated carbocycles. The summed E-state index contributed by atoms with van der Waals surface area (Å²) in [5.41, 5.74) is 3.34. The fraction of sp³-hybridized carbons (Fsp3) is 0.846. The van der Waals surface area contributed by atoms with Gasteiger partial charge in [-0.05, 0) is 32.0 Å². The molecule has 3 aliphatic heterocycles. The zero-order valence-corrected chi connectivity index (χ0v) is 12.8. The second-order valence-electron chi connectivity index (χ2n) is 5.71. The number of rotatable bonds is 3. The lowest BCUT2D eigenvalue weighted by Gasteiger charge is -2.39. The van der Waals surface area contributed by atoms with E-state index in [0.717, 1.165) is 26.0 Å². The van der Waals surface area contributed by atoms with Crippen molar-refractivity contribution in [1.82, 2.24) is 20.7 Å². The van der Waals surface area contributed by atoms with Gasteiger partial charge in [-0.3, -0.25) is 9.69 Å². The Labute approximate surface area is 124 Å². The van der Waals surface area contributed by atoms with E-state index in [1.54, 1.807) is 4.90 Å². The summed E-state index contributed by atoms with van der Waals surface area (Å²) in [6.07, 6.45) is 2.20. The third kappa shape index (κ3) is 2.32. The molecular formula is C13H22N4O2S. The molecule has 6 nitrogen and oxygen atoms in total. The quantitative estimate of drug-likeness (QED) is 0.707. The number of ether oxygens (including phenoxy) is 1. The van der Waals surface area contributed by atoms with Crippen LogP contribution in [0.25, 0.3) is 0 Å². The number of amides is 1. The van der Waals surface area contributed by atoms with Crippen LogP contribution in [0.3, 0.4) is 0 Å². The summed E-state index contributed by atoms with van der Waals surface area (Å²) in [6, 6.07) is 0.0746. The van der Waals surface area contributed by atoms with Crippen LogP contribution in [0.5, 0.6) is 0 Å². The van der Waals surface area contributed by atoms with Gasteiger partial charge in [0.15, 0.2) is 5.11 Å². The average molecular weight is 298 g/mol.